The lowest BCUT2D eigenvalue weighted by molar-refractivity contribution is -0.119. The van der Waals surface area contributed by atoms with Gasteiger partial charge in [0.2, 0.25) is 11.8 Å². The Morgan fingerprint density at radius 2 is 1.86 bits per heavy atom. The van der Waals surface area contributed by atoms with Crippen LogP contribution in [0, 0.1) is 22.7 Å². The van der Waals surface area contributed by atoms with Crippen LogP contribution in [0.2, 0.25) is 0 Å². The van der Waals surface area contributed by atoms with Crippen LogP contribution < -0.4 is 10.6 Å². The number of anilines is 1. The highest BCUT2D eigenvalue weighted by atomic mass is 32.2. The zero-order valence-corrected chi connectivity index (χ0v) is 21.3. The maximum Gasteiger partial charge on any atom is 0.232 e. The number of nitrogens with one attached hydrogen (secondary N) is 4. The molecule has 2 amide bonds. The fourth-order valence-corrected chi connectivity index (χ4v) is 5.06. The van der Waals surface area contributed by atoms with Crippen LogP contribution in [0.4, 0.5) is 5.82 Å². The Labute approximate surface area is 218 Å². The summed E-state index contributed by atoms with van der Waals surface area (Å²) in [6, 6.07) is 10.8. The van der Waals surface area contributed by atoms with Crippen molar-refractivity contribution in [3.8, 4) is 0 Å². The van der Waals surface area contributed by atoms with Crippen LogP contribution in [0.1, 0.15) is 36.3 Å². The van der Waals surface area contributed by atoms with Crippen molar-refractivity contribution in [2.24, 2.45) is 18.9 Å². The number of rotatable bonds is 8. The van der Waals surface area contributed by atoms with E-state index >= 15 is 0 Å². The monoisotopic (exact) mass is 519 g/mol. The highest BCUT2D eigenvalue weighted by Gasteiger charge is 2.29. The number of aryl methyl sites for hydroxylation is 1. The second-order valence-corrected chi connectivity index (χ2v) is 10.1. The van der Waals surface area contributed by atoms with Gasteiger partial charge in [0, 0.05) is 31.1 Å². The van der Waals surface area contributed by atoms with E-state index in [1.54, 1.807) is 48.4 Å². The predicted molar refractivity (Wildman–Crippen MR) is 141 cm³/mol. The second-order valence-electron chi connectivity index (χ2n) is 9.04. The zero-order valence-electron chi connectivity index (χ0n) is 20.5. The molecule has 0 bridgehead atoms. The third-order valence-corrected chi connectivity index (χ3v) is 6.90. The van der Waals surface area contributed by atoms with E-state index in [1.165, 1.54) is 0 Å². The van der Waals surface area contributed by atoms with Crippen molar-refractivity contribution in [2.45, 2.75) is 38.5 Å². The molecule has 3 heterocycles. The molecule has 12 heteroatoms. The molecule has 4 N–H and O–H groups in total. The predicted octanol–water partition coefficient (Wildman–Crippen LogP) is 2.75. The average molecular weight is 520 g/mol. The molecule has 1 saturated carbocycles. The second kappa shape index (κ2) is 12.3. The molecule has 0 spiro atoms. The van der Waals surface area contributed by atoms with Gasteiger partial charge in [0.25, 0.3) is 0 Å². The number of hydrogen-bond donors (Lipinski definition) is 4. The van der Waals surface area contributed by atoms with Gasteiger partial charge in [-0.1, -0.05) is 6.07 Å². The van der Waals surface area contributed by atoms with Crippen LogP contribution >= 0.6 is 11.8 Å². The average Bonchev–Trinajstić information content (AvgIpc) is 3.49. The first-order valence-electron chi connectivity index (χ1n) is 12.0. The number of hydrogen-bond acceptors (Lipinski definition) is 9. The summed E-state index contributed by atoms with van der Waals surface area (Å²) in [5.74, 6) is 0.298. The van der Waals surface area contributed by atoms with Gasteiger partial charge in [-0.3, -0.25) is 30.1 Å². The number of aromatic nitrogens is 5. The third kappa shape index (κ3) is 8.04. The van der Waals surface area contributed by atoms with Crippen molar-refractivity contribution >= 4 is 39.6 Å². The number of pyridine rings is 1. The number of amidine groups is 1. The number of amides is 2. The SMILES string of the molecule is Cn1ccc(CC(=O)NC(=N)SC(=N)[C@@H]2CC[C@H](Cc3ccc(NC(=O)Cc4ccccn4)nn3)C2)n1. The first-order chi connectivity index (χ1) is 17.8. The molecule has 0 radical (unpaired) electrons. The van der Waals surface area contributed by atoms with E-state index in [-0.39, 0.29) is 35.7 Å². The summed E-state index contributed by atoms with van der Waals surface area (Å²) >= 11 is 0.994. The van der Waals surface area contributed by atoms with Crippen molar-refractivity contribution in [3.63, 3.8) is 0 Å². The molecular formula is C25H29N9O2S. The maximum absolute atomic E-state index is 12.2. The minimum absolute atomic E-state index is 0.0408. The van der Waals surface area contributed by atoms with Crippen LogP contribution in [0.5, 0.6) is 0 Å². The summed E-state index contributed by atoms with van der Waals surface area (Å²) in [4.78, 5) is 28.5. The molecule has 4 rings (SSSR count). The summed E-state index contributed by atoms with van der Waals surface area (Å²) in [7, 11) is 1.78. The van der Waals surface area contributed by atoms with Crippen molar-refractivity contribution in [1.82, 2.24) is 30.3 Å². The first kappa shape index (κ1) is 26.1. The summed E-state index contributed by atoms with van der Waals surface area (Å²) in [5.41, 5.74) is 2.16. The van der Waals surface area contributed by atoms with E-state index in [0.717, 1.165) is 43.1 Å². The molecule has 2 atom stereocenters. The fraction of sp³-hybridized carbons (Fsp3) is 0.360. The maximum atomic E-state index is 12.2. The molecule has 1 aliphatic carbocycles. The smallest absolute Gasteiger partial charge is 0.232 e. The van der Waals surface area contributed by atoms with E-state index in [0.29, 0.717) is 28.2 Å². The van der Waals surface area contributed by atoms with Gasteiger partial charge < -0.3 is 10.6 Å². The quantitative estimate of drug-likeness (QED) is 0.263. The van der Waals surface area contributed by atoms with Crippen molar-refractivity contribution in [1.29, 1.82) is 10.8 Å². The molecule has 192 valence electrons. The lowest BCUT2D eigenvalue weighted by Gasteiger charge is -2.13. The number of carbonyl (C=O) groups excluding carboxylic acids is 2. The Kier molecular flexibility index (Phi) is 8.72. The Bertz CT molecular complexity index is 1260. The van der Waals surface area contributed by atoms with Crippen LogP contribution in [-0.2, 0) is 35.9 Å². The Balaban J connectivity index is 1.18. The van der Waals surface area contributed by atoms with Gasteiger partial charge in [0.15, 0.2) is 11.0 Å². The number of nitrogens with zero attached hydrogens (tertiary/aromatic N) is 5. The van der Waals surface area contributed by atoms with Crippen molar-refractivity contribution in [2.75, 3.05) is 5.32 Å². The topological polar surface area (TPSA) is 162 Å². The van der Waals surface area contributed by atoms with E-state index in [2.05, 4.69) is 30.9 Å². The lowest BCUT2D eigenvalue weighted by atomic mass is 10.00. The largest absolute Gasteiger partial charge is 0.309 e. The molecule has 37 heavy (non-hydrogen) atoms. The fourth-order valence-electron chi connectivity index (χ4n) is 4.30. The highest BCUT2D eigenvalue weighted by Crippen LogP contribution is 2.36. The van der Waals surface area contributed by atoms with Gasteiger partial charge in [-0.2, -0.15) is 10.2 Å². The molecule has 1 aliphatic rings. The van der Waals surface area contributed by atoms with Gasteiger partial charge in [0.1, 0.15) is 0 Å². The summed E-state index contributed by atoms with van der Waals surface area (Å²) < 4.78 is 1.62. The molecule has 1 fully saturated rings. The minimum atomic E-state index is -0.316. The number of carbonyl (C=O) groups is 2. The van der Waals surface area contributed by atoms with Crippen molar-refractivity contribution < 1.29 is 9.59 Å². The molecule has 0 unspecified atom stereocenters. The minimum Gasteiger partial charge on any atom is -0.309 e. The lowest BCUT2D eigenvalue weighted by Crippen LogP contribution is -2.30. The summed E-state index contributed by atoms with van der Waals surface area (Å²) in [6.07, 6.45) is 7.06. The summed E-state index contributed by atoms with van der Waals surface area (Å²) in [6.45, 7) is 0. The molecule has 3 aromatic rings. The highest BCUT2D eigenvalue weighted by molar-refractivity contribution is 8.26. The molecule has 0 aromatic carbocycles. The molecular weight excluding hydrogens is 490 g/mol. The van der Waals surface area contributed by atoms with Crippen molar-refractivity contribution in [3.05, 3.63) is 65.9 Å². The van der Waals surface area contributed by atoms with Gasteiger partial charge >= 0.3 is 0 Å². The first-order valence-corrected chi connectivity index (χ1v) is 12.8. The Hall–Kier alpha value is -3.93. The van der Waals surface area contributed by atoms with E-state index < -0.39 is 0 Å². The zero-order chi connectivity index (χ0) is 26.2. The van der Waals surface area contributed by atoms with Crippen LogP contribution in [0.25, 0.3) is 0 Å². The van der Waals surface area contributed by atoms with E-state index in [4.69, 9.17) is 10.8 Å². The molecule has 0 saturated heterocycles. The molecule has 3 aromatic heterocycles. The van der Waals surface area contributed by atoms with Gasteiger partial charge in [-0.25, -0.2) is 0 Å². The third-order valence-electron chi connectivity index (χ3n) is 6.04. The number of thioether (sulfide) groups is 1. The van der Waals surface area contributed by atoms with Gasteiger partial charge in [-0.05, 0) is 73.7 Å². The normalized spacial score (nSPS) is 16.8. The van der Waals surface area contributed by atoms with E-state index in [1.807, 2.05) is 12.1 Å². The Morgan fingerprint density at radius 3 is 2.57 bits per heavy atom. The standard InChI is InChI=1S/C25H29N9O2S/c1-34-11-9-20(33-34)15-23(36)30-25(27)37-24(26)17-6-5-16(12-17)13-19-7-8-21(32-31-19)29-22(35)14-18-4-2-3-10-28-18/h2-4,7-11,16-17,26H,5-6,12-15H2,1H3,(H2,27,30,36)(H,29,32,35)/t16-,17+/m0/s1. The Morgan fingerprint density at radius 1 is 1.03 bits per heavy atom. The van der Waals surface area contributed by atoms with Crippen LogP contribution in [-0.4, -0.2) is 47.0 Å². The van der Waals surface area contributed by atoms with Gasteiger partial charge in [-0.15, -0.1) is 5.10 Å². The van der Waals surface area contributed by atoms with Gasteiger partial charge in [0.05, 0.1) is 29.3 Å². The molecule has 11 nitrogen and oxygen atoms in total. The van der Waals surface area contributed by atoms with Crippen LogP contribution in [0.3, 0.4) is 0 Å². The molecule has 0 aliphatic heterocycles. The van der Waals surface area contributed by atoms with E-state index in [9.17, 15) is 9.59 Å². The van der Waals surface area contributed by atoms with Crippen LogP contribution in [0.15, 0.2) is 48.8 Å². The summed E-state index contributed by atoms with van der Waals surface area (Å²) in [5, 5.41) is 34.7.